The van der Waals surface area contributed by atoms with Crippen LogP contribution >= 0.6 is 0 Å². The summed E-state index contributed by atoms with van der Waals surface area (Å²) in [5.74, 6) is -22.1. The molecule has 274 valence electrons. The van der Waals surface area contributed by atoms with Crippen LogP contribution in [0.15, 0.2) is 54.6 Å². The number of hydrogen-bond acceptors (Lipinski definition) is 3. The van der Waals surface area contributed by atoms with E-state index in [4.69, 9.17) is 5.73 Å². The van der Waals surface area contributed by atoms with E-state index >= 15 is 22.0 Å². The molecule has 17 heteroatoms. The highest BCUT2D eigenvalue weighted by Crippen LogP contribution is 2.49. The third kappa shape index (κ3) is 5.51. The van der Waals surface area contributed by atoms with E-state index in [2.05, 4.69) is 5.32 Å². The molecule has 0 amide bonds. The van der Waals surface area contributed by atoms with E-state index < -0.39 is 103 Å². The van der Waals surface area contributed by atoms with Gasteiger partial charge in [0.2, 0.25) is 0 Å². The second-order valence-electron chi connectivity index (χ2n) is 11.9. The van der Waals surface area contributed by atoms with Crippen molar-refractivity contribution in [3.8, 4) is 0 Å². The third-order valence-corrected chi connectivity index (χ3v) is 8.87. The average Bonchev–Trinajstić information content (AvgIpc) is 3.08. The zero-order valence-electron chi connectivity index (χ0n) is 26.0. The highest BCUT2D eigenvalue weighted by atomic mass is 19.4. The van der Waals surface area contributed by atoms with E-state index in [1.54, 1.807) is 18.2 Å². The van der Waals surface area contributed by atoms with E-state index in [0.717, 1.165) is 39.8 Å². The summed E-state index contributed by atoms with van der Waals surface area (Å²) in [5, 5.41) is 6.47. The van der Waals surface area contributed by atoms with Gasteiger partial charge < -0.3 is 11.1 Å². The van der Waals surface area contributed by atoms with Crippen LogP contribution in [0.4, 0.5) is 95.6 Å². The Balaban J connectivity index is 1.46. The second-order valence-corrected chi connectivity index (χ2v) is 11.9. The molecule has 7 rings (SSSR count). The molecule has 0 aliphatic heterocycles. The number of hydrogen-bond donors (Lipinski definition) is 2. The van der Waals surface area contributed by atoms with E-state index in [9.17, 15) is 39.5 Å². The van der Waals surface area contributed by atoms with Crippen molar-refractivity contribution in [1.82, 2.24) is 0 Å². The zero-order valence-corrected chi connectivity index (χ0v) is 26.0. The predicted molar refractivity (Wildman–Crippen MR) is 168 cm³/mol. The molecule has 0 bridgehead atoms. The van der Waals surface area contributed by atoms with Crippen LogP contribution in [-0.4, -0.2) is 0 Å². The standard InChI is InChI=1S/C36H17F14N3/c37-25-17(35(45,46)47)9-11-21(27(25)39)53(34-31(43)28(40)24(36(48,49)50)29(41)32(34)44)33-18(51)12-20(26(38)30(33)42)52-19-10-7-15-5-4-13-2-1-3-14-6-8-16(19)23(15)22(13)14/h3-12,52H,1-2,51H2. The van der Waals surface area contributed by atoms with Crippen LogP contribution in [0.25, 0.3) is 27.6 Å². The van der Waals surface area contributed by atoms with Crippen LogP contribution in [0.5, 0.6) is 0 Å². The fourth-order valence-corrected chi connectivity index (χ4v) is 6.57. The molecule has 53 heavy (non-hydrogen) atoms. The van der Waals surface area contributed by atoms with Gasteiger partial charge in [-0.25, -0.2) is 35.1 Å². The Kier molecular flexibility index (Phi) is 8.18. The SMILES string of the molecule is Nc1cc(Nc2ccc3ccc4c5c(ccc2c35)=CCC4)c(F)c(F)c1N(c1ccc(C(F)(F)F)c(F)c1F)c1c(F)c(F)c(C(F)(F)F)c(F)c1F. The Bertz CT molecular complexity index is 2550. The summed E-state index contributed by atoms with van der Waals surface area (Å²) in [7, 11) is 0. The maximum Gasteiger partial charge on any atom is 0.422 e. The summed E-state index contributed by atoms with van der Waals surface area (Å²) in [6, 6.07) is 10.7. The van der Waals surface area contributed by atoms with Gasteiger partial charge in [-0.1, -0.05) is 36.4 Å². The van der Waals surface area contributed by atoms with Gasteiger partial charge in [-0.15, -0.1) is 0 Å². The normalized spacial score (nSPS) is 13.2. The van der Waals surface area contributed by atoms with Gasteiger partial charge in [0.25, 0.3) is 0 Å². The molecule has 0 saturated carbocycles. The number of nitrogens with zero attached hydrogens (tertiary/aromatic N) is 1. The molecular weight excluding hydrogens is 740 g/mol. The fourth-order valence-electron chi connectivity index (χ4n) is 6.57. The molecule has 0 unspecified atom stereocenters. The molecule has 0 aromatic heterocycles. The van der Waals surface area contributed by atoms with Crippen molar-refractivity contribution in [3.05, 3.63) is 123 Å². The molecule has 1 aliphatic carbocycles. The van der Waals surface area contributed by atoms with Crippen molar-refractivity contribution in [2.75, 3.05) is 16.0 Å². The number of aryl methyl sites for hydroxylation is 1. The van der Waals surface area contributed by atoms with E-state index in [-0.39, 0.29) is 17.8 Å². The number of nitrogens with two attached hydrogens (primary N) is 1. The minimum atomic E-state index is -6.09. The van der Waals surface area contributed by atoms with Crippen molar-refractivity contribution < 1.29 is 61.5 Å². The molecule has 0 heterocycles. The fraction of sp³-hybridized carbons (Fsp3) is 0.111. The molecule has 1 aliphatic rings. The largest absolute Gasteiger partial charge is 0.422 e. The number of rotatable bonds is 5. The lowest BCUT2D eigenvalue weighted by Crippen LogP contribution is -2.24. The first-order valence-electron chi connectivity index (χ1n) is 15.1. The first-order chi connectivity index (χ1) is 24.8. The van der Waals surface area contributed by atoms with Gasteiger partial charge in [-0.3, -0.25) is 4.90 Å². The maximum absolute atomic E-state index is 16.2. The Morgan fingerprint density at radius 1 is 0.585 bits per heavy atom. The van der Waals surface area contributed by atoms with Crippen molar-refractivity contribution in [2.24, 2.45) is 0 Å². The van der Waals surface area contributed by atoms with Crippen molar-refractivity contribution in [3.63, 3.8) is 0 Å². The summed E-state index contributed by atoms with van der Waals surface area (Å²) >= 11 is 0. The van der Waals surface area contributed by atoms with E-state index in [1.807, 2.05) is 18.2 Å². The highest BCUT2D eigenvalue weighted by Gasteiger charge is 2.45. The molecular formula is C36H17F14N3. The van der Waals surface area contributed by atoms with Crippen LogP contribution in [0.2, 0.25) is 0 Å². The Morgan fingerprint density at radius 2 is 1.23 bits per heavy atom. The number of nitrogens with one attached hydrogen (secondary N) is 1. The first-order valence-corrected chi connectivity index (χ1v) is 15.1. The van der Waals surface area contributed by atoms with Gasteiger partial charge in [-0.2, -0.15) is 26.3 Å². The first kappa shape index (κ1) is 35.7. The molecule has 6 aromatic rings. The van der Waals surface area contributed by atoms with Crippen LogP contribution < -0.4 is 21.2 Å². The summed E-state index contributed by atoms with van der Waals surface area (Å²) in [4.78, 5) is -0.699. The lowest BCUT2D eigenvalue weighted by molar-refractivity contribution is -0.143. The van der Waals surface area contributed by atoms with E-state index in [1.165, 1.54) is 6.07 Å². The number of nitrogen functional groups attached to an aromatic ring is 1. The molecule has 0 saturated heterocycles. The van der Waals surface area contributed by atoms with Crippen LogP contribution in [-0.2, 0) is 18.8 Å². The topological polar surface area (TPSA) is 41.3 Å². The summed E-state index contributed by atoms with van der Waals surface area (Å²) in [6.07, 6.45) is -8.17. The lowest BCUT2D eigenvalue weighted by atomic mass is 9.89. The predicted octanol–water partition coefficient (Wildman–Crippen LogP) is 11.4. The van der Waals surface area contributed by atoms with Crippen LogP contribution in [0.3, 0.4) is 0 Å². The smallest absolute Gasteiger partial charge is 0.397 e. The van der Waals surface area contributed by atoms with Gasteiger partial charge in [0.05, 0.1) is 22.6 Å². The molecule has 0 spiro atoms. The lowest BCUT2D eigenvalue weighted by Gasteiger charge is -2.30. The van der Waals surface area contributed by atoms with Crippen molar-refractivity contribution in [1.29, 1.82) is 0 Å². The van der Waals surface area contributed by atoms with Gasteiger partial charge in [0.15, 0.2) is 46.5 Å². The maximum atomic E-state index is 16.2. The Labute approximate surface area is 287 Å². The van der Waals surface area contributed by atoms with Gasteiger partial charge in [0, 0.05) is 11.1 Å². The number of anilines is 6. The van der Waals surface area contributed by atoms with E-state index in [0.29, 0.717) is 11.5 Å². The number of alkyl halides is 6. The summed E-state index contributed by atoms with van der Waals surface area (Å²) in [5.41, 5.74) is -6.40. The summed E-state index contributed by atoms with van der Waals surface area (Å²) in [6.45, 7) is 0. The molecule has 3 N–H and O–H groups in total. The highest BCUT2D eigenvalue weighted by molar-refractivity contribution is 6.16. The second kappa shape index (κ2) is 12.2. The minimum absolute atomic E-state index is 0.0912. The Morgan fingerprint density at radius 3 is 1.87 bits per heavy atom. The molecule has 3 nitrogen and oxygen atoms in total. The number of halogens is 14. The average molecular weight is 758 g/mol. The van der Waals surface area contributed by atoms with Crippen molar-refractivity contribution >= 4 is 61.7 Å². The van der Waals surface area contributed by atoms with Crippen molar-refractivity contribution in [2.45, 2.75) is 25.2 Å². The van der Waals surface area contributed by atoms with Gasteiger partial charge in [-0.05, 0) is 64.0 Å². The molecule has 0 fully saturated rings. The number of benzene rings is 6. The quantitative estimate of drug-likeness (QED) is 0.105. The summed E-state index contributed by atoms with van der Waals surface area (Å²) < 4.78 is 203. The monoisotopic (exact) mass is 757 g/mol. The third-order valence-electron chi connectivity index (χ3n) is 8.87. The molecule has 0 atom stereocenters. The van der Waals surface area contributed by atoms with Crippen LogP contribution in [0.1, 0.15) is 23.1 Å². The Hall–Kier alpha value is -5.74. The van der Waals surface area contributed by atoms with Gasteiger partial charge >= 0.3 is 12.4 Å². The minimum Gasteiger partial charge on any atom is -0.397 e. The zero-order chi connectivity index (χ0) is 38.5. The van der Waals surface area contributed by atoms with Gasteiger partial charge in [0.1, 0.15) is 16.9 Å². The van der Waals surface area contributed by atoms with Crippen LogP contribution in [0, 0.1) is 46.5 Å². The molecule has 6 aromatic carbocycles. The molecule has 0 radical (unpaired) electrons.